The molecule has 2 aromatic carbocycles. The summed E-state index contributed by atoms with van der Waals surface area (Å²) in [6.07, 6.45) is 0.667. The summed E-state index contributed by atoms with van der Waals surface area (Å²) in [5.74, 6) is -0.464. The Balaban J connectivity index is 2.05. The highest BCUT2D eigenvalue weighted by Crippen LogP contribution is 2.36. The van der Waals surface area contributed by atoms with Crippen LogP contribution in [0.5, 0.6) is 0 Å². The number of carbonyl (C=O) groups excluding carboxylic acids is 2. The lowest BCUT2D eigenvalue weighted by Crippen LogP contribution is -2.37. The van der Waals surface area contributed by atoms with Gasteiger partial charge in [0.05, 0.1) is 5.41 Å². The zero-order valence-corrected chi connectivity index (χ0v) is 11.5. The number of nitrogens with one attached hydrogen (secondary N) is 1. The monoisotopic (exact) mass is 280 g/mol. The highest BCUT2D eigenvalue weighted by atomic mass is 16.2. The summed E-state index contributed by atoms with van der Waals surface area (Å²) in [5.41, 5.74) is 7.36. The lowest BCUT2D eigenvalue weighted by molar-refractivity contribution is -0.126. The predicted octanol–water partition coefficient (Wildman–Crippen LogP) is 1.80. The molecule has 0 aromatic heterocycles. The first-order chi connectivity index (χ1) is 10.1. The van der Waals surface area contributed by atoms with Gasteiger partial charge in [0.2, 0.25) is 11.8 Å². The summed E-state index contributed by atoms with van der Waals surface area (Å²) in [4.78, 5) is 24.2. The van der Waals surface area contributed by atoms with Crippen LogP contribution >= 0.6 is 0 Å². The molecule has 1 aliphatic rings. The van der Waals surface area contributed by atoms with Crippen LogP contribution in [0.3, 0.4) is 0 Å². The van der Waals surface area contributed by atoms with Gasteiger partial charge in [0.25, 0.3) is 0 Å². The summed E-state index contributed by atoms with van der Waals surface area (Å²) in [7, 11) is 0. The van der Waals surface area contributed by atoms with Gasteiger partial charge < -0.3 is 5.73 Å². The van der Waals surface area contributed by atoms with Crippen LogP contribution in [0.1, 0.15) is 17.5 Å². The molecule has 1 aliphatic heterocycles. The molecule has 3 rings (SSSR count). The zero-order chi connectivity index (χ0) is 14.9. The standard InChI is InChI=1S/C17H16N2O2/c18-14-8-6-13(7-9-14)17(11-15(20)19-16(17)21)10-12-4-2-1-3-5-12/h1-9H,10-11,18H2,(H,19,20,21). The Labute approximate surface area is 123 Å². The van der Waals surface area contributed by atoms with Crippen LogP contribution < -0.4 is 11.1 Å². The fourth-order valence-corrected chi connectivity index (χ4v) is 2.87. The molecule has 1 unspecified atom stereocenters. The zero-order valence-electron chi connectivity index (χ0n) is 11.5. The maximum Gasteiger partial charge on any atom is 0.238 e. The average molecular weight is 280 g/mol. The molecular formula is C17H16N2O2. The second-order valence-electron chi connectivity index (χ2n) is 5.42. The Bertz CT molecular complexity index is 680. The van der Waals surface area contributed by atoms with Crippen molar-refractivity contribution in [2.75, 3.05) is 5.73 Å². The molecule has 2 amide bonds. The van der Waals surface area contributed by atoms with Crippen LogP contribution in [-0.2, 0) is 21.4 Å². The number of anilines is 1. The molecule has 1 fully saturated rings. The molecule has 21 heavy (non-hydrogen) atoms. The highest BCUT2D eigenvalue weighted by molar-refractivity contribution is 6.09. The van der Waals surface area contributed by atoms with E-state index >= 15 is 0 Å². The second kappa shape index (κ2) is 5.05. The molecule has 1 saturated heterocycles. The Kier molecular flexibility index (Phi) is 3.22. The normalized spacial score (nSPS) is 21.3. The van der Waals surface area contributed by atoms with Crippen LogP contribution in [0.2, 0.25) is 0 Å². The number of hydrogen-bond donors (Lipinski definition) is 2. The summed E-state index contributed by atoms with van der Waals surface area (Å²) < 4.78 is 0. The Morgan fingerprint density at radius 1 is 1.00 bits per heavy atom. The van der Waals surface area contributed by atoms with Gasteiger partial charge in [0, 0.05) is 12.1 Å². The van der Waals surface area contributed by atoms with Gasteiger partial charge in [-0.1, -0.05) is 42.5 Å². The van der Waals surface area contributed by atoms with Gasteiger partial charge >= 0.3 is 0 Å². The number of hydrogen-bond acceptors (Lipinski definition) is 3. The first kappa shape index (κ1) is 13.4. The smallest absolute Gasteiger partial charge is 0.238 e. The van der Waals surface area contributed by atoms with Crippen molar-refractivity contribution in [1.82, 2.24) is 5.32 Å². The first-order valence-corrected chi connectivity index (χ1v) is 6.84. The third-order valence-electron chi connectivity index (χ3n) is 3.96. The van der Waals surface area contributed by atoms with E-state index in [-0.39, 0.29) is 18.2 Å². The number of rotatable bonds is 3. The van der Waals surface area contributed by atoms with Crippen LogP contribution in [-0.4, -0.2) is 11.8 Å². The Morgan fingerprint density at radius 3 is 2.24 bits per heavy atom. The average Bonchev–Trinajstić information content (AvgIpc) is 2.76. The fourth-order valence-electron chi connectivity index (χ4n) is 2.87. The van der Waals surface area contributed by atoms with Crippen molar-refractivity contribution in [2.24, 2.45) is 0 Å². The fraction of sp³-hybridized carbons (Fsp3) is 0.176. The topological polar surface area (TPSA) is 72.2 Å². The molecule has 3 N–H and O–H groups in total. The molecule has 0 bridgehead atoms. The van der Waals surface area contributed by atoms with Crippen LogP contribution in [0.4, 0.5) is 5.69 Å². The molecule has 1 heterocycles. The summed E-state index contributed by atoms with van der Waals surface area (Å²) in [5, 5.41) is 2.43. The largest absolute Gasteiger partial charge is 0.399 e. The summed E-state index contributed by atoms with van der Waals surface area (Å²) in [6, 6.07) is 16.9. The van der Waals surface area contributed by atoms with E-state index in [1.807, 2.05) is 42.5 Å². The summed E-state index contributed by atoms with van der Waals surface area (Å²) in [6.45, 7) is 0. The number of amides is 2. The molecule has 1 atom stereocenters. The molecule has 0 saturated carbocycles. The van der Waals surface area contributed by atoms with Crippen molar-refractivity contribution in [3.63, 3.8) is 0 Å². The van der Waals surface area contributed by atoms with Crippen LogP contribution in [0.25, 0.3) is 0 Å². The predicted molar refractivity (Wildman–Crippen MR) is 80.4 cm³/mol. The van der Waals surface area contributed by atoms with Gasteiger partial charge in [-0.25, -0.2) is 0 Å². The van der Waals surface area contributed by atoms with E-state index in [1.165, 1.54) is 0 Å². The van der Waals surface area contributed by atoms with Gasteiger partial charge in [-0.15, -0.1) is 0 Å². The number of imide groups is 1. The number of nitrogens with two attached hydrogens (primary N) is 1. The van der Waals surface area contributed by atoms with Crippen molar-refractivity contribution < 1.29 is 9.59 Å². The van der Waals surface area contributed by atoms with E-state index in [1.54, 1.807) is 12.1 Å². The van der Waals surface area contributed by atoms with E-state index in [4.69, 9.17) is 5.73 Å². The minimum Gasteiger partial charge on any atom is -0.399 e. The van der Waals surface area contributed by atoms with E-state index in [2.05, 4.69) is 5.32 Å². The van der Waals surface area contributed by atoms with Crippen LogP contribution in [0, 0.1) is 0 Å². The lowest BCUT2D eigenvalue weighted by Gasteiger charge is -2.26. The second-order valence-corrected chi connectivity index (χ2v) is 5.42. The molecule has 0 radical (unpaired) electrons. The van der Waals surface area contributed by atoms with E-state index in [9.17, 15) is 9.59 Å². The molecule has 106 valence electrons. The minimum absolute atomic E-state index is 0.171. The molecule has 0 spiro atoms. The number of carbonyl (C=O) groups is 2. The van der Waals surface area contributed by atoms with E-state index < -0.39 is 5.41 Å². The molecule has 4 heteroatoms. The number of benzene rings is 2. The van der Waals surface area contributed by atoms with Gasteiger partial charge in [-0.2, -0.15) is 0 Å². The van der Waals surface area contributed by atoms with Crippen molar-refractivity contribution in [1.29, 1.82) is 0 Å². The van der Waals surface area contributed by atoms with Crippen LogP contribution in [0.15, 0.2) is 54.6 Å². The minimum atomic E-state index is -0.841. The quantitative estimate of drug-likeness (QED) is 0.665. The van der Waals surface area contributed by atoms with Crippen molar-refractivity contribution in [2.45, 2.75) is 18.3 Å². The lowest BCUT2D eigenvalue weighted by atomic mass is 9.74. The van der Waals surface area contributed by atoms with Gasteiger partial charge in [-0.05, 0) is 29.7 Å². The number of nitrogen functional groups attached to an aromatic ring is 1. The SMILES string of the molecule is Nc1ccc(C2(Cc3ccccc3)CC(=O)NC2=O)cc1. The molecule has 4 nitrogen and oxygen atoms in total. The first-order valence-electron chi connectivity index (χ1n) is 6.84. The maximum absolute atomic E-state index is 12.4. The Morgan fingerprint density at radius 2 is 1.67 bits per heavy atom. The van der Waals surface area contributed by atoms with Gasteiger partial charge in [-0.3, -0.25) is 14.9 Å². The van der Waals surface area contributed by atoms with Crippen molar-refractivity contribution in [3.8, 4) is 0 Å². The van der Waals surface area contributed by atoms with Gasteiger partial charge in [0.15, 0.2) is 0 Å². The van der Waals surface area contributed by atoms with Gasteiger partial charge in [0.1, 0.15) is 0 Å². The van der Waals surface area contributed by atoms with Crippen molar-refractivity contribution >= 4 is 17.5 Å². The molecule has 0 aliphatic carbocycles. The maximum atomic E-state index is 12.4. The van der Waals surface area contributed by atoms with E-state index in [0.717, 1.165) is 11.1 Å². The molecular weight excluding hydrogens is 264 g/mol. The molecule has 2 aromatic rings. The third-order valence-corrected chi connectivity index (χ3v) is 3.96. The van der Waals surface area contributed by atoms with Crippen molar-refractivity contribution in [3.05, 3.63) is 65.7 Å². The van der Waals surface area contributed by atoms with E-state index in [0.29, 0.717) is 12.1 Å². The highest BCUT2D eigenvalue weighted by Gasteiger charge is 2.47. The third kappa shape index (κ3) is 2.40. The Hall–Kier alpha value is -2.62. The summed E-state index contributed by atoms with van der Waals surface area (Å²) >= 11 is 0.